The molecule has 22 heavy (non-hydrogen) atoms. The molecular formula is C22H42. The van der Waals surface area contributed by atoms with Gasteiger partial charge in [-0.1, -0.05) is 85.8 Å². The third kappa shape index (κ3) is 8.39. The summed E-state index contributed by atoms with van der Waals surface area (Å²) in [5.41, 5.74) is 0. The summed E-state index contributed by atoms with van der Waals surface area (Å²) in [6.07, 6.45) is 16.3. The van der Waals surface area contributed by atoms with E-state index in [4.69, 9.17) is 0 Å². The fourth-order valence-electron chi connectivity index (χ4n) is 4.31. The van der Waals surface area contributed by atoms with Crippen LogP contribution in [-0.4, -0.2) is 0 Å². The van der Waals surface area contributed by atoms with Crippen LogP contribution >= 0.6 is 0 Å². The molecule has 0 aromatic heterocycles. The second-order valence-electron chi connectivity index (χ2n) is 8.79. The van der Waals surface area contributed by atoms with E-state index in [0.717, 1.165) is 35.5 Å². The van der Waals surface area contributed by atoms with Crippen molar-refractivity contribution in [3.05, 3.63) is 12.2 Å². The Hall–Kier alpha value is -0.260. The maximum Gasteiger partial charge on any atom is -0.0256 e. The first-order chi connectivity index (χ1) is 10.4. The SMILES string of the molecule is CC[C@H]1CC[C@@H](C)C1.C[C@@H]1C=C[C@H](C)C1.C[C@@H]1CC[C@H](C)C1. The molecule has 0 radical (unpaired) electrons. The third-order valence-electron chi connectivity index (χ3n) is 5.85. The summed E-state index contributed by atoms with van der Waals surface area (Å²) in [5, 5.41) is 0. The van der Waals surface area contributed by atoms with Crippen molar-refractivity contribution in [1.82, 2.24) is 0 Å². The van der Waals surface area contributed by atoms with Crippen LogP contribution in [-0.2, 0) is 0 Å². The van der Waals surface area contributed by atoms with Crippen molar-refractivity contribution in [2.75, 3.05) is 0 Å². The summed E-state index contributed by atoms with van der Waals surface area (Å²) in [7, 11) is 0. The zero-order valence-electron chi connectivity index (χ0n) is 16.3. The highest BCUT2D eigenvalue weighted by atomic mass is 14.2. The first kappa shape index (κ1) is 19.8. The molecular weight excluding hydrogens is 264 g/mol. The van der Waals surface area contributed by atoms with E-state index >= 15 is 0 Å². The average Bonchev–Trinajstić information content (AvgIpc) is 3.15. The summed E-state index contributed by atoms with van der Waals surface area (Å²) in [6, 6.07) is 0. The topological polar surface area (TPSA) is 0 Å². The fourth-order valence-corrected chi connectivity index (χ4v) is 4.31. The van der Waals surface area contributed by atoms with Crippen LogP contribution < -0.4 is 0 Å². The lowest BCUT2D eigenvalue weighted by atomic mass is 10.0. The van der Waals surface area contributed by atoms with Crippen LogP contribution in [0.5, 0.6) is 0 Å². The van der Waals surface area contributed by atoms with Crippen molar-refractivity contribution in [2.45, 2.75) is 92.9 Å². The monoisotopic (exact) mass is 306 g/mol. The van der Waals surface area contributed by atoms with Gasteiger partial charge in [0.05, 0.1) is 0 Å². The van der Waals surface area contributed by atoms with Crippen LogP contribution in [0.25, 0.3) is 0 Å². The van der Waals surface area contributed by atoms with Gasteiger partial charge in [-0.15, -0.1) is 0 Å². The Kier molecular flexibility index (Phi) is 9.45. The van der Waals surface area contributed by atoms with Gasteiger partial charge in [0.15, 0.2) is 0 Å². The Morgan fingerprint density at radius 1 is 0.636 bits per heavy atom. The predicted octanol–water partition coefficient (Wildman–Crippen LogP) is 7.49. The molecule has 3 rings (SSSR count). The third-order valence-corrected chi connectivity index (χ3v) is 5.85. The van der Waals surface area contributed by atoms with Crippen LogP contribution in [0.4, 0.5) is 0 Å². The summed E-state index contributed by atoms with van der Waals surface area (Å²) < 4.78 is 0. The maximum atomic E-state index is 2.37. The fraction of sp³-hybridized carbons (Fsp3) is 0.909. The normalized spacial score (nSPS) is 39.9. The van der Waals surface area contributed by atoms with Gasteiger partial charge in [-0.2, -0.15) is 0 Å². The largest absolute Gasteiger partial charge is 0.0854 e. The number of hydrogen-bond donors (Lipinski definition) is 0. The van der Waals surface area contributed by atoms with Crippen molar-refractivity contribution in [3.63, 3.8) is 0 Å². The lowest BCUT2D eigenvalue weighted by Gasteiger charge is -2.02. The van der Waals surface area contributed by atoms with E-state index in [1.807, 2.05) is 0 Å². The summed E-state index contributed by atoms with van der Waals surface area (Å²) in [5.74, 6) is 5.83. The minimum Gasteiger partial charge on any atom is -0.0854 e. The summed E-state index contributed by atoms with van der Waals surface area (Å²) in [6.45, 7) is 13.9. The highest BCUT2D eigenvalue weighted by Gasteiger charge is 2.18. The van der Waals surface area contributed by atoms with Crippen LogP contribution in [0.2, 0.25) is 0 Å². The van der Waals surface area contributed by atoms with Crippen LogP contribution in [0.1, 0.15) is 92.9 Å². The van der Waals surface area contributed by atoms with Crippen molar-refractivity contribution >= 4 is 0 Å². The quantitative estimate of drug-likeness (QED) is 0.440. The second-order valence-corrected chi connectivity index (χ2v) is 8.79. The van der Waals surface area contributed by atoms with Gasteiger partial charge >= 0.3 is 0 Å². The standard InChI is InChI=1S/C8H16.C7H14.C7H12/c1-3-8-5-4-7(2)6-8;2*1-6-3-4-7(2)5-6/h7-8H,3-6H2,1-2H3;6-7H,3-5H2,1-2H3;3-4,6-7H,5H2,1-2H3/t7-,8+;2*6-,7+/m1../s1. The minimum absolute atomic E-state index is 0.843. The Labute approximate surface area is 141 Å². The van der Waals surface area contributed by atoms with Gasteiger partial charge in [-0.05, 0) is 54.8 Å². The van der Waals surface area contributed by atoms with Crippen LogP contribution in [0.15, 0.2) is 12.2 Å². The van der Waals surface area contributed by atoms with E-state index in [-0.39, 0.29) is 0 Å². The Morgan fingerprint density at radius 3 is 1.27 bits per heavy atom. The molecule has 130 valence electrons. The molecule has 0 aromatic rings. The zero-order valence-corrected chi connectivity index (χ0v) is 16.3. The molecule has 0 nitrogen and oxygen atoms in total. The number of allylic oxidation sites excluding steroid dienone is 2. The molecule has 0 saturated heterocycles. The lowest BCUT2D eigenvalue weighted by molar-refractivity contribution is 0.501. The summed E-state index contributed by atoms with van der Waals surface area (Å²) >= 11 is 0. The Morgan fingerprint density at radius 2 is 1.09 bits per heavy atom. The van der Waals surface area contributed by atoms with E-state index in [1.54, 1.807) is 0 Å². The molecule has 2 fully saturated rings. The van der Waals surface area contributed by atoms with E-state index in [0.29, 0.717) is 0 Å². The highest BCUT2D eigenvalue weighted by Crippen LogP contribution is 2.32. The molecule has 2 saturated carbocycles. The van der Waals surface area contributed by atoms with Gasteiger partial charge in [0, 0.05) is 0 Å². The van der Waals surface area contributed by atoms with Crippen molar-refractivity contribution < 1.29 is 0 Å². The van der Waals surface area contributed by atoms with E-state index in [9.17, 15) is 0 Å². The molecule has 0 spiro atoms. The van der Waals surface area contributed by atoms with Gasteiger partial charge in [0.2, 0.25) is 0 Å². The molecule has 0 aromatic carbocycles. The average molecular weight is 307 g/mol. The number of hydrogen-bond acceptors (Lipinski definition) is 0. The maximum absolute atomic E-state index is 2.37. The second kappa shape index (κ2) is 10.5. The van der Waals surface area contributed by atoms with Gasteiger partial charge < -0.3 is 0 Å². The minimum atomic E-state index is 0.843. The van der Waals surface area contributed by atoms with E-state index < -0.39 is 0 Å². The van der Waals surface area contributed by atoms with Crippen molar-refractivity contribution in [3.8, 4) is 0 Å². The smallest absolute Gasteiger partial charge is 0.0256 e. The Bertz CT molecular complexity index is 285. The predicted molar refractivity (Wildman–Crippen MR) is 101 cm³/mol. The molecule has 6 atom stereocenters. The zero-order chi connectivity index (χ0) is 16.5. The molecule has 0 bridgehead atoms. The molecule has 0 aliphatic heterocycles. The van der Waals surface area contributed by atoms with Crippen molar-refractivity contribution in [1.29, 1.82) is 0 Å². The molecule has 3 aliphatic carbocycles. The first-order valence-electron chi connectivity index (χ1n) is 10.1. The lowest BCUT2D eigenvalue weighted by Crippen LogP contribution is -1.89. The van der Waals surface area contributed by atoms with E-state index in [1.165, 1.54) is 51.4 Å². The van der Waals surface area contributed by atoms with Gasteiger partial charge in [-0.25, -0.2) is 0 Å². The molecule has 3 aliphatic rings. The van der Waals surface area contributed by atoms with Gasteiger partial charge in [0.25, 0.3) is 0 Å². The first-order valence-corrected chi connectivity index (χ1v) is 10.1. The number of rotatable bonds is 1. The summed E-state index contributed by atoms with van der Waals surface area (Å²) in [4.78, 5) is 0. The van der Waals surface area contributed by atoms with Gasteiger partial charge in [0.1, 0.15) is 0 Å². The Balaban J connectivity index is 0.000000166. The molecule has 0 heterocycles. The van der Waals surface area contributed by atoms with Gasteiger partial charge in [-0.3, -0.25) is 0 Å². The molecule has 0 amide bonds. The van der Waals surface area contributed by atoms with Crippen LogP contribution in [0.3, 0.4) is 0 Å². The van der Waals surface area contributed by atoms with Crippen LogP contribution in [0, 0.1) is 35.5 Å². The molecule has 0 unspecified atom stereocenters. The molecule has 0 heteroatoms. The highest BCUT2D eigenvalue weighted by molar-refractivity contribution is 4.98. The van der Waals surface area contributed by atoms with E-state index in [2.05, 4.69) is 53.7 Å². The molecule has 0 N–H and O–H groups in total. The van der Waals surface area contributed by atoms with Crippen molar-refractivity contribution in [2.24, 2.45) is 35.5 Å².